The van der Waals surface area contributed by atoms with Crippen molar-refractivity contribution < 1.29 is 4.52 Å². The van der Waals surface area contributed by atoms with Gasteiger partial charge in [0.15, 0.2) is 0 Å². The lowest BCUT2D eigenvalue weighted by atomic mass is 10.4. The topological polar surface area (TPSA) is 76.7 Å². The minimum atomic E-state index is 0.499. The van der Waals surface area contributed by atoms with E-state index in [2.05, 4.69) is 25.4 Å². The van der Waals surface area contributed by atoms with E-state index in [-0.39, 0.29) is 0 Å². The Morgan fingerprint density at radius 2 is 2.25 bits per heavy atom. The van der Waals surface area contributed by atoms with Crippen LogP contribution in [0.4, 0.5) is 0 Å². The summed E-state index contributed by atoms with van der Waals surface area (Å²) in [5.74, 6) is 1.75. The first-order valence-electron chi connectivity index (χ1n) is 5.13. The van der Waals surface area contributed by atoms with Crippen LogP contribution in [0.3, 0.4) is 0 Å². The smallest absolute Gasteiger partial charge is 0.240 e. The monoisotopic (exact) mass is 219 g/mol. The molecule has 84 valence electrons. The molecule has 0 aliphatic rings. The van der Waals surface area contributed by atoms with Crippen molar-refractivity contribution in [2.24, 2.45) is 0 Å². The number of hydrogen-bond donors (Lipinski definition) is 1. The predicted octanol–water partition coefficient (Wildman–Crippen LogP) is 0.945. The Labute approximate surface area is 93.1 Å². The standard InChI is InChI=1S/C10H13N5O/c1-3-11-6-9-14-10(15-16-9)8-4-5-12-7(2)13-8/h4-5,11H,3,6H2,1-2H3. The van der Waals surface area contributed by atoms with Crippen LogP contribution in [-0.2, 0) is 6.54 Å². The average molecular weight is 219 g/mol. The van der Waals surface area contributed by atoms with Gasteiger partial charge in [0.2, 0.25) is 11.7 Å². The van der Waals surface area contributed by atoms with Crippen LogP contribution in [0.1, 0.15) is 18.6 Å². The van der Waals surface area contributed by atoms with Gasteiger partial charge in [0, 0.05) is 6.20 Å². The number of hydrogen-bond acceptors (Lipinski definition) is 6. The molecule has 0 spiro atoms. The van der Waals surface area contributed by atoms with Crippen LogP contribution in [0.5, 0.6) is 0 Å². The second-order valence-electron chi connectivity index (χ2n) is 3.28. The summed E-state index contributed by atoms with van der Waals surface area (Å²) in [5.41, 5.74) is 0.680. The Hall–Kier alpha value is -1.82. The van der Waals surface area contributed by atoms with Crippen molar-refractivity contribution in [3.05, 3.63) is 24.0 Å². The van der Waals surface area contributed by atoms with Crippen LogP contribution in [0.15, 0.2) is 16.8 Å². The van der Waals surface area contributed by atoms with Crippen LogP contribution in [0, 0.1) is 6.92 Å². The van der Waals surface area contributed by atoms with Gasteiger partial charge in [-0.05, 0) is 19.5 Å². The van der Waals surface area contributed by atoms with Crippen molar-refractivity contribution in [1.29, 1.82) is 0 Å². The lowest BCUT2D eigenvalue weighted by molar-refractivity contribution is 0.369. The molecule has 0 radical (unpaired) electrons. The van der Waals surface area contributed by atoms with Gasteiger partial charge >= 0.3 is 0 Å². The Morgan fingerprint density at radius 1 is 1.38 bits per heavy atom. The van der Waals surface area contributed by atoms with Gasteiger partial charge in [0.05, 0.1) is 6.54 Å². The van der Waals surface area contributed by atoms with Crippen LogP contribution in [-0.4, -0.2) is 26.7 Å². The van der Waals surface area contributed by atoms with Crippen molar-refractivity contribution in [1.82, 2.24) is 25.4 Å². The molecule has 0 amide bonds. The van der Waals surface area contributed by atoms with Crippen molar-refractivity contribution in [3.8, 4) is 11.5 Å². The van der Waals surface area contributed by atoms with Crippen molar-refractivity contribution in [3.63, 3.8) is 0 Å². The van der Waals surface area contributed by atoms with Gasteiger partial charge in [-0.2, -0.15) is 4.98 Å². The molecule has 2 heterocycles. The highest BCUT2D eigenvalue weighted by molar-refractivity contribution is 5.46. The summed E-state index contributed by atoms with van der Waals surface area (Å²) in [4.78, 5) is 12.5. The Kier molecular flexibility index (Phi) is 3.21. The highest BCUT2D eigenvalue weighted by Crippen LogP contribution is 2.11. The molecule has 0 fully saturated rings. The van der Waals surface area contributed by atoms with Gasteiger partial charge < -0.3 is 9.84 Å². The van der Waals surface area contributed by atoms with E-state index < -0.39 is 0 Å². The van der Waals surface area contributed by atoms with Crippen molar-refractivity contribution in [2.45, 2.75) is 20.4 Å². The molecule has 0 unspecified atom stereocenters. The van der Waals surface area contributed by atoms with Crippen LogP contribution in [0.2, 0.25) is 0 Å². The first-order valence-corrected chi connectivity index (χ1v) is 5.13. The number of nitrogens with one attached hydrogen (secondary N) is 1. The Balaban J connectivity index is 2.18. The normalized spacial score (nSPS) is 10.6. The third kappa shape index (κ3) is 2.40. The van der Waals surface area contributed by atoms with Gasteiger partial charge in [-0.1, -0.05) is 12.1 Å². The number of nitrogens with zero attached hydrogens (tertiary/aromatic N) is 4. The fraction of sp³-hybridized carbons (Fsp3) is 0.400. The molecule has 1 N–H and O–H groups in total. The summed E-state index contributed by atoms with van der Waals surface area (Å²) >= 11 is 0. The van der Waals surface area contributed by atoms with E-state index in [1.165, 1.54) is 0 Å². The zero-order valence-corrected chi connectivity index (χ0v) is 9.27. The Bertz CT molecular complexity index is 468. The molecule has 0 aliphatic carbocycles. The zero-order chi connectivity index (χ0) is 11.4. The maximum absolute atomic E-state index is 5.08. The molecule has 6 heteroatoms. The maximum Gasteiger partial charge on any atom is 0.240 e. The summed E-state index contributed by atoms with van der Waals surface area (Å²) in [6.45, 7) is 5.28. The lowest BCUT2D eigenvalue weighted by Crippen LogP contribution is -2.11. The van der Waals surface area contributed by atoms with E-state index in [4.69, 9.17) is 4.52 Å². The van der Waals surface area contributed by atoms with Gasteiger partial charge in [-0.15, -0.1) is 0 Å². The molecule has 0 bridgehead atoms. The quantitative estimate of drug-likeness (QED) is 0.824. The van der Waals surface area contributed by atoms with Crippen LogP contribution < -0.4 is 5.32 Å². The van der Waals surface area contributed by atoms with Crippen molar-refractivity contribution >= 4 is 0 Å². The fourth-order valence-electron chi connectivity index (χ4n) is 1.24. The summed E-state index contributed by atoms with van der Waals surface area (Å²) in [6, 6.07) is 1.76. The molecule has 0 atom stereocenters. The molecule has 2 aromatic heterocycles. The van der Waals surface area contributed by atoms with E-state index in [0.29, 0.717) is 29.8 Å². The Morgan fingerprint density at radius 3 is 3.00 bits per heavy atom. The van der Waals surface area contributed by atoms with Gasteiger partial charge in [-0.25, -0.2) is 9.97 Å². The fourth-order valence-corrected chi connectivity index (χ4v) is 1.24. The molecule has 0 aliphatic heterocycles. The van der Waals surface area contributed by atoms with Crippen LogP contribution in [0.25, 0.3) is 11.5 Å². The number of aryl methyl sites for hydroxylation is 1. The molecular weight excluding hydrogens is 206 g/mol. The summed E-state index contributed by atoms with van der Waals surface area (Å²) in [6.07, 6.45) is 1.68. The molecule has 2 rings (SSSR count). The lowest BCUT2D eigenvalue weighted by Gasteiger charge is -1.94. The molecule has 0 saturated heterocycles. The van der Waals surface area contributed by atoms with E-state index in [9.17, 15) is 0 Å². The van der Waals surface area contributed by atoms with E-state index >= 15 is 0 Å². The summed E-state index contributed by atoms with van der Waals surface area (Å²) in [5, 5.41) is 6.98. The predicted molar refractivity (Wildman–Crippen MR) is 57.4 cm³/mol. The largest absolute Gasteiger partial charge is 0.337 e. The highest BCUT2D eigenvalue weighted by Gasteiger charge is 2.09. The van der Waals surface area contributed by atoms with Gasteiger partial charge in [0.1, 0.15) is 11.5 Å². The molecule has 0 aromatic carbocycles. The summed E-state index contributed by atoms with van der Waals surface area (Å²) < 4.78 is 5.08. The minimum absolute atomic E-state index is 0.499. The first kappa shape index (κ1) is 10.7. The van der Waals surface area contributed by atoms with Crippen molar-refractivity contribution in [2.75, 3.05) is 6.54 Å². The third-order valence-corrected chi connectivity index (χ3v) is 2.00. The van der Waals surface area contributed by atoms with E-state index in [0.717, 1.165) is 6.54 Å². The van der Waals surface area contributed by atoms with Gasteiger partial charge in [-0.3, -0.25) is 0 Å². The highest BCUT2D eigenvalue weighted by atomic mass is 16.5. The summed E-state index contributed by atoms with van der Waals surface area (Å²) in [7, 11) is 0. The van der Waals surface area contributed by atoms with Crippen LogP contribution >= 0.6 is 0 Å². The maximum atomic E-state index is 5.08. The minimum Gasteiger partial charge on any atom is -0.337 e. The number of aromatic nitrogens is 4. The molecule has 2 aromatic rings. The second kappa shape index (κ2) is 4.80. The molecule has 6 nitrogen and oxygen atoms in total. The number of rotatable bonds is 4. The third-order valence-electron chi connectivity index (χ3n) is 2.00. The average Bonchev–Trinajstić information content (AvgIpc) is 2.75. The molecule has 0 saturated carbocycles. The second-order valence-corrected chi connectivity index (χ2v) is 3.28. The van der Waals surface area contributed by atoms with E-state index in [1.807, 2.05) is 13.8 Å². The SMILES string of the molecule is CCNCc1nc(-c2ccnc(C)n2)no1. The zero-order valence-electron chi connectivity index (χ0n) is 9.27. The van der Waals surface area contributed by atoms with E-state index in [1.54, 1.807) is 12.3 Å². The molecular formula is C10H13N5O. The van der Waals surface area contributed by atoms with Gasteiger partial charge in [0.25, 0.3) is 0 Å². The first-order chi connectivity index (χ1) is 7.79. The molecule has 16 heavy (non-hydrogen) atoms.